The van der Waals surface area contributed by atoms with Crippen LogP contribution < -0.4 is 0 Å². The number of aromatic hydroxyl groups is 3. The number of unbranched alkanes of at least 4 members (excludes halogenated alkanes) is 6. The average molecular weight is 320 g/mol. The third-order valence-electron chi connectivity index (χ3n) is 3.97. The van der Waals surface area contributed by atoms with Gasteiger partial charge in [-0.25, -0.2) is 0 Å². The molecular weight excluding hydrogens is 292 g/mol. The number of benzene rings is 1. The van der Waals surface area contributed by atoms with Crippen LogP contribution in [0.5, 0.6) is 17.2 Å². The molecule has 0 heterocycles. The van der Waals surface area contributed by atoms with Crippen LogP contribution in [-0.4, -0.2) is 21.1 Å². The molecule has 0 radical (unpaired) electrons. The molecule has 1 rings (SSSR count). The van der Waals surface area contributed by atoms with Crippen molar-refractivity contribution in [1.29, 1.82) is 0 Å². The van der Waals surface area contributed by atoms with Gasteiger partial charge in [0.1, 0.15) is 22.8 Å². The Morgan fingerprint density at radius 2 is 1.48 bits per heavy atom. The molecule has 0 atom stereocenters. The van der Waals surface area contributed by atoms with Crippen LogP contribution in [0.2, 0.25) is 0 Å². The molecule has 0 aliphatic carbocycles. The van der Waals surface area contributed by atoms with Crippen molar-refractivity contribution in [2.45, 2.75) is 65.2 Å². The molecule has 0 bridgehead atoms. The van der Waals surface area contributed by atoms with Crippen LogP contribution in [0.1, 0.15) is 81.1 Å². The molecule has 3 N–H and O–H groups in total. The summed E-state index contributed by atoms with van der Waals surface area (Å²) in [5.74, 6) is -1.36. The number of ketones is 1. The van der Waals surface area contributed by atoms with E-state index < -0.39 is 5.75 Å². The van der Waals surface area contributed by atoms with Gasteiger partial charge in [0.05, 0.1) is 5.56 Å². The summed E-state index contributed by atoms with van der Waals surface area (Å²) in [5, 5.41) is 29.8. The summed E-state index contributed by atoms with van der Waals surface area (Å²) in [6.45, 7) is 7.47. The van der Waals surface area contributed by atoms with Gasteiger partial charge in [0, 0.05) is 12.5 Å². The van der Waals surface area contributed by atoms with Gasteiger partial charge >= 0.3 is 0 Å². The molecule has 0 spiro atoms. The number of hydrogen-bond acceptors (Lipinski definition) is 4. The molecule has 1 aromatic rings. The third kappa shape index (κ3) is 5.31. The molecule has 0 aromatic heterocycles. The first-order chi connectivity index (χ1) is 10.9. The van der Waals surface area contributed by atoms with E-state index in [0.29, 0.717) is 5.57 Å². The average Bonchev–Trinajstić information content (AvgIpc) is 2.45. The van der Waals surface area contributed by atoms with Gasteiger partial charge in [-0.15, -0.1) is 0 Å². The van der Waals surface area contributed by atoms with E-state index in [2.05, 4.69) is 13.5 Å². The summed E-state index contributed by atoms with van der Waals surface area (Å²) in [5.41, 5.74) is 0.433. The first kappa shape index (κ1) is 19.1. The molecule has 4 nitrogen and oxygen atoms in total. The monoisotopic (exact) mass is 320 g/mol. The molecule has 128 valence electrons. The maximum atomic E-state index is 12.3. The smallest absolute Gasteiger partial charge is 0.170 e. The van der Waals surface area contributed by atoms with Crippen molar-refractivity contribution in [2.75, 3.05) is 0 Å². The van der Waals surface area contributed by atoms with E-state index in [1.165, 1.54) is 25.7 Å². The van der Waals surface area contributed by atoms with Gasteiger partial charge < -0.3 is 15.3 Å². The molecule has 0 amide bonds. The van der Waals surface area contributed by atoms with Gasteiger partial charge in [-0.05, 0) is 18.9 Å². The number of hydrogen-bond donors (Lipinski definition) is 3. The molecule has 0 unspecified atom stereocenters. The second kappa shape index (κ2) is 9.23. The lowest BCUT2D eigenvalue weighted by Crippen LogP contribution is -2.02. The number of phenols is 3. The maximum absolute atomic E-state index is 12.3. The molecule has 0 saturated heterocycles. The van der Waals surface area contributed by atoms with Crippen molar-refractivity contribution < 1.29 is 20.1 Å². The Morgan fingerprint density at radius 3 is 2.04 bits per heavy atom. The second-order valence-corrected chi connectivity index (χ2v) is 6.09. The van der Waals surface area contributed by atoms with Crippen LogP contribution in [0.3, 0.4) is 0 Å². The zero-order valence-electron chi connectivity index (χ0n) is 14.2. The topological polar surface area (TPSA) is 77.8 Å². The minimum absolute atomic E-state index is 0.116. The zero-order valence-corrected chi connectivity index (χ0v) is 14.2. The molecule has 0 aliphatic heterocycles. The van der Waals surface area contributed by atoms with Crippen molar-refractivity contribution in [3.05, 3.63) is 23.8 Å². The van der Waals surface area contributed by atoms with Crippen LogP contribution in [0, 0.1) is 0 Å². The Kier molecular flexibility index (Phi) is 7.66. The quantitative estimate of drug-likeness (QED) is 0.411. The van der Waals surface area contributed by atoms with Gasteiger partial charge in [0.25, 0.3) is 0 Å². The molecule has 23 heavy (non-hydrogen) atoms. The highest BCUT2D eigenvalue weighted by atomic mass is 16.3. The van der Waals surface area contributed by atoms with Crippen molar-refractivity contribution in [3.63, 3.8) is 0 Å². The maximum Gasteiger partial charge on any atom is 0.170 e. The molecule has 0 saturated carbocycles. The Balaban J connectivity index is 2.66. The minimum atomic E-state index is -0.391. The van der Waals surface area contributed by atoms with Crippen LogP contribution >= 0.6 is 0 Å². The third-order valence-corrected chi connectivity index (χ3v) is 3.97. The van der Waals surface area contributed by atoms with Gasteiger partial charge in [0.15, 0.2) is 5.78 Å². The molecule has 0 aliphatic rings. The normalized spacial score (nSPS) is 10.7. The molecular formula is C19H28O4. The SMILES string of the molecule is C=C(C)c1c(O)cc(O)c(C(=O)CCCCCCCCC)c1O. The Bertz CT molecular complexity index is 561. The molecule has 0 fully saturated rings. The molecule has 4 heteroatoms. The zero-order chi connectivity index (χ0) is 17.4. The Morgan fingerprint density at radius 1 is 0.957 bits per heavy atom. The largest absolute Gasteiger partial charge is 0.507 e. The first-order valence-electron chi connectivity index (χ1n) is 8.37. The van der Waals surface area contributed by atoms with Crippen molar-refractivity contribution >= 4 is 11.4 Å². The van der Waals surface area contributed by atoms with Gasteiger partial charge in [0.2, 0.25) is 0 Å². The van der Waals surface area contributed by atoms with Crippen molar-refractivity contribution in [1.82, 2.24) is 0 Å². The number of phenolic OH excluding ortho intramolecular Hbond substituents is 3. The number of carbonyl (C=O) groups is 1. The summed E-state index contributed by atoms with van der Waals surface area (Å²) < 4.78 is 0. The van der Waals surface area contributed by atoms with Gasteiger partial charge in [-0.2, -0.15) is 0 Å². The highest BCUT2D eigenvalue weighted by Crippen LogP contribution is 2.41. The highest BCUT2D eigenvalue weighted by molar-refractivity contribution is 6.03. The number of Topliss-reactive ketones (excluding diaryl/α,β-unsaturated/α-hetero) is 1. The second-order valence-electron chi connectivity index (χ2n) is 6.09. The predicted molar refractivity (Wildman–Crippen MR) is 93.1 cm³/mol. The van der Waals surface area contributed by atoms with E-state index in [0.717, 1.165) is 25.3 Å². The standard InChI is InChI=1S/C19H28O4/c1-4-5-6-7-8-9-10-11-14(20)18-16(22)12-15(21)17(13(2)3)19(18)23/h12,21-23H,2,4-11H2,1,3H3. The van der Waals surface area contributed by atoms with E-state index in [-0.39, 0.29) is 34.8 Å². The highest BCUT2D eigenvalue weighted by Gasteiger charge is 2.22. The van der Waals surface area contributed by atoms with Crippen molar-refractivity contribution in [3.8, 4) is 17.2 Å². The number of carbonyl (C=O) groups excluding carboxylic acids is 1. The summed E-state index contributed by atoms with van der Waals surface area (Å²) in [7, 11) is 0. The summed E-state index contributed by atoms with van der Waals surface area (Å²) in [6.07, 6.45) is 7.92. The lowest BCUT2D eigenvalue weighted by atomic mass is 9.96. The summed E-state index contributed by atoms with van der Waals surface area (Å²) in [4.78, 5) is 12.3. The first-order valence-corrected chi connectivity index (χ1v) is 8.37. The lowest BCUT2D eigenvalue weighted by Gasteiger charge is -2.13. The Labute approximate surface area is 138 Å². The fourth-order valence-electron chi connectivity index (χ4n) is 2.70. The molecule has 1 aromatic carbocycles. The van der Waals surface area contributed by atoms with E-state index in [1.54, 1.807) is 6.92 Å². The van der Waals surface area contributed by atoms with Gasteiger partial charge in [-0.3, -0.25) is 4.79 Å². The van der Waals surface area contributed by atoms with Crippen LogP contribution in [0.4, 0.5) is 0 Å². The summed E-state index contributed by atoms with van der Waals surface area (Å²) >= 11 is 0. The number of rotatable bonds is 10. The minimum Gasteiger partial charge on any atom is -0.507 e. The lowest BCUT2D eigenvalue weighted by molar-refractivity contribution is 0.0973. The Hall–Kier alpha value is -1.97. The number of allylic oxidation sites excluding steroid dienone is 1. The fourth-order valence-corrected chi connectivity index (χ4v) is 2.70. The van der Waals surface area contributed by atoms with Crippen LogP contribution in [-0.2, 0) is 0 Å². The van der Waals surface area contributed by atoms with E-state index >= 15 is 0 Å². The van der Waals surface area contributed by atoms with Crippen LogP contribution in [0.15, 0.2) is 12.6 Å². The van der Waals surface area contributed by atoms with E-state index in [4.69, 9.17) is 0 Å². The van der Waals surface area contributed by atoms with Crippen molar-refractivity contribution in [2.24, 2.45) is 0 Å². The van der Waals surface area contributed by atoms with E-state index in [9.17, 15) is 20.1 Å². The van der Waals surface area contributed by atoms with E-state index in [1.807, 2.05) is 0 Å². The summed E-state index contributed by atoms with van der Waals surface area (Å²) in [6, 6.07) is 1.09. The van der Waals surface area contributed by atoms with Gasteiger partial charge in [-0.1, -0.05) is 52.0 Å². The van der Waals surface area contributed by atoms with Crippen LogP contribution in [0.25, 0.3) is 5.57 Å². The fraction of sp³-hybridized carbons (Fsp3) is 0.526. The predicted octanol–water partition coefficient (Wildman–Crippen LogP) is 5.16.